The Bertz CT molecular complexity index is 654. The lowest BCUT2D eigenvalue weighted by Crippen LogP contribution is -2.60. The molecule has 106 valence electrons. The second-order valence-electron chi connectivity index (χ2n) is 6.07. The molecule has 1 aromatic carbocycles. The van der Waals surface area contributed by atoms with Gasteiger partial charge in [0.25, 0.3) is 0 Å². The van der Waals surface area contributed by atoms with E-state index in [1.165, 1.54) is 24.6 Å². The van der Waals surface area contributed by atoms with E-state index < -0.39 is 0 Å². The van der Waals surface area contributed by atoms with Crippen LogP contribution in [0.4, 0.5) is 5.69 Å². The Morgan fingerprint density at radius 2 is 2.25 bits per heavy atom. The molecule has 2 aliphatic rings. The second-order valence-corrected chi connectivity index (χ2v) is 7.00. The van der Waals surface area contributed by atoms with E-state index in [0.29, 0.717) is 0 Å². The first-order valence-corrected chi connectivity index (χ1v) is 8.19. The minimum absolute atomic E-state index is 0.202. The van der Waals surface area contributed by atoms with E-state index in [-0.39, 0.29) is 5.54 Å². The van der Waals surface area contributed by atoms with E-state index in [1.807, 2.05) is 12.1 Å². The number of nitrogens with one attached hydrogen (secondary N) is 1. The van der Waals surface area contributed by atoms with Gasteiger partial charge in [0.15, 0.2) is 0 Å². The standard InChI is InChI=1S/C14H17ClN4S/c1-14(9-2-3-9)8-19(7-6-16-14)13-10(15)4-5-11-12(13)18-20-17-11/h4-5,9,16H,2-3,6-8H2,1H3. The number of benzene rings is 1. The van der Waals surface area contributed by atoms with Crippen molar-refractivity contribution >= 4 is 40.0 Å². The molecule has 0 bridgehead atoms. The van der Waals surface area contributed by atoms with Crippen LogP contribution in [0.15, 0.2) is 12.1 Å². The fraction of sp³-hybridized carbons (Fsp3) is 0.571. The van der Waals surface area contributed by atoms with E-state index in [2.05, 4.69) is 25.9 Å². The van der Waals surface area contributed by atoms with Crippen molar-refractivity contribution in [1.82, 2.24) is 14.1 Å². The fourth-order valence-electron chi connectivity index (χ4n) is 3.31. The third kappa shape index (κ3) is 2.00. The average Bonchev–Trinajstić information content (AvgIpc) is 3.19. The maximum Gasteiger partial charge on any atom is 0.129 e. The molecule has 1 saturated heterocycles. The third-order valence-electron chi connectivity index (χ3n) is 4.58. The number of fused-ring (bicyclic) bond motifs is 1. The number of hydrogen-bond donors (Lipinski definition) is 1. The molecule has 0 radical (unpaired) electrons. The van der Waals surface area contributed by atoms with Crippen LogP contribution in [-0.4, -0.2) is 33.9 Å². The van der Waals surface area contributed by atoms with Crippen molar-refractivity contribution in [3.05, 3.63) is 17.2 Å². The van der Waals surface area contributed by atoms with Gasteiger partial charge in [-0.1, -0.05) is 11.6 Å². The largest absolute Gasteiger partial charge is 0.365 e. The molecule has 4 rings (SSSR count). The molecule has 0 spiro atoms. The molecular formula is C14H17ClN4S. The lowest BCUT2D eigenvalue weighted by Gasteiger charge is -2.43. The van der Waals surface area contributed by atoms with Crippen molar-refractivity contribution in [3.63, 3.8) is 0 Å². The molecule has 1 atom stereocenters. The molecule has 6 heteroatoms. The number of piperazine rings is 1. The van der Waals surface area contributed by atoms with Gasteiger partial charge in [-0.25, -0.2) is 0 Å². The monoisotopic (exact) mass is 308 g/mol. The van der Waals surface area contributed by atoms with E-state index in [9.17, 15) is 0 Å². The summed E-state index contributed by atoms with van der Waals surface area (Å²) >= 11 is 7.71. The summed E-state index contributed by atoms with van der Waals surface area (Å²) in [7, 11) is 0. The predicted molar refractivity (Wildman–Crippen MR) is 83.8 cm³/mol. The van der Waals surface area contributed by atoms with Crippen molar-refractivity contribution in [2.75, 3.05) is 24.5 Å². The summed E-state index contributed by atoms with van der Waals surface area (Å²) in [6.45, 7) is 5.30. The summed E-state index contributed by atoms with van der Waals surface area (Å²) in [6.07, 6.45) is 2.68. The highest BCUT2D eigenvalue weighted by Crippen LogP contribution is 2.43. The van der Waals surface area contributed by atoms with Crippen LogP contribution < -0.4 is 10.2 Å². The number of halogens is 1. The maximum atomic E-state index is 6.46. The van der Waals surface area contributed by atoms with Crippen molar-refractivity contribution in [3.8, 4) is 0 Å². The van der Waals surface area contributed by atoms with Crippen LogP contribution in [0.3, 0.4) is 0 Å². The predicted octanol–water partition coefficient (Wildman–Crippen LogP) is 2.92. The van der Waals surface area contributed by atoms with E-state index in [1.54, 1.807) is 0 Å². The summed E-state index contributed by atoms with van der Waals surface area (Å²) in [5.74, 6) is 0.803. The minimum Gasteiger partial charge on any atom is -0.365 e. The number of anilines is 1. The zero-order chi connectivity index (χ0) is 13.7. The first-order chi connectivity index (χ1) is 9.67. The van der Waals surface area contributed by atoms with Crippen LogP contribution in [0.1, 0.15) is 19.8 Å². The average molecular weight is 309 g/mol. The molecule has 1 aromatic heterocycles. The first-order valence-electron chi connectivity index (χ1n) is 7.08. The summed E-state index contributed by atoms with van der Waals surface area (Å²) in [5.41, 5.74) is 3.16. The fourth-order valence-corrected chi connectivity index (χ4v) is 4.12. The van der Waals surface area contributed by atoms with Crippen LogP contribution in [-0.2, 0) is 0 Å². The molecule has 0 amide bonds. The molecule has 20 heavy (non-hydrogen) atoms. The van der Waals surface area contributed by atoms with Crippen molar-refractivity contribution < 1.29 is 0 Å². The SMILES string of the molecule is CC1(C2CC2)CN(c2c(Cl)ccc3nsnc23)CCN1. The van der Waals surface area contributed by atoms with Crippen molar-refractivity contribution in [2.45, 2.75) is 25.3 Å². The lowest BCUT2D eigenvalue weighted by atomic mass is 9.92. The van der Waals surface area contributed by atoms with E-state index >= 15 is 0 Å². The zero-order valence-corrected chi connectivity index (χ0v) is 13.0. The molecule has 2 fully saturated rings. The van der Waals surface area contributed by atoms with Gasteiger partial charge in [0.2, 0.25) is 0 Å². The molecule has 1 saturated carbocycles. The van der Waals surface area contributed by atoms with Crippen LogP contribution in [0.2, 0.25) is 5.02 Å². The Labute approximate surface area is 127 Å². The van der Waals surface area contributed by atoms with Crippen molar-refractivity contribution in [1.29, 1.82) is 0 Å². The Morgan fingerprint density at radius 3 is 3.05 bits per heavy atom. The quantitative estimate of drug-likeness (QED) is 0.926. The summed E-state index contributed by atoms with van der Waals surface area (Å²) in [6, 6.07) is 3.89. The molecule has 1 unspecified atom stereocenters. The number of aromatic nitrogens is 2. The van der Waals surface area contributed by atoms with Crippen molar-refractivity contribution in [2.24, 2.45) is 5.92 Å². The van der Waals surface area contributed by atoms with Gasteiger partial charge >= 0.3 is 0 Å². The highest BCUT2D eigenvalue weighted by Gasteiger charge is 2.44. The number of nitrogens with zero attached hydrogens (tertiary/aromatic N) is 3. The van der Waals surface area contributed by atoms with Crippen LogP contribution in [0, 0.1) is 5.92 Å². The Kier molecular flexibility index (Phi) is 2.91. The molecule has 2 heterocycles. The molecule has 1 aliphatic heterocycles. The lowest BCUT2D eigenvalue weighted by molar-refractivity contribution is 0.285. The minimum atomic E-state index is 0.202. The smallest absolute Gasteiger partial charge is 0.129 e. The topological polar surface area (TPSA) is 41.1 Å². The summed E-state index contributed by atoms with van der Waals surface area (Å²) in [4.78, 5) is 2.39. The number of hydrogen-bond acceptors (Lipinski definition) is 5. The van der Waals surface area contributed by atoms with Gasteiger partial charge in [-0.3, -0.25) is 0 Å². The van der Waals surface area contributed by atoms with Gasteiger partial charge in [-0.2, -0.15) is 8.75 Å². The van der Waals surface area contributed by atoms with Gasteiger partial charge in [-0.15, -0.1) is 0 Å². The molecule has 2 aromatic rings. The third-order valence-corrected chi connectivity index (χ3v) is 5.42. The molecular weight excluding hydrogens is 292 g/mol. The molecule has 1 aliphatic carbocycles. The van der Waals surface area contributed by atoms with Gasteiger partial charge in [-0.05, 0) is 37.8 Å². The Balaban J connectivity index is 1.74. The summed E-state index contributed by atoms with van der Waals surface area (Å²) < 4.78 is 8.78. The maximum absolute atomic E-state index is 6.46. The Hall–Kier alpha value is -0.910. The highest BCUT2D eigenvalue weighted by atomic mass is 35.5. The zero-order valence-electron chi connectivity index (χ0n) is 11.4. The van der Waals surface area contributed by atoms with Gasteiger partial charge in [0.05, 0.1) is 22.4 Å². The van der Waals surface area contributed by atoms with Gasteiger partial charge in [0.1, 0.15) is 11.0 Å². The highest BCUT2D eigenvalue weighted by molar-refractivity contribution is 7.00. The normalized spacial score (nSPS) is 27.2. The van der Waals surface area contributed by atoms with Crippen LogP contribution >= 0.6 is 23.3 Å². The van der Waals surface area contributed by atoms with Crippen LogP contribution in [0.25, 0.3) is 11.0 Å². The van der Waals surface area contributed by atoms with E-state index in [0.717, 1.165) is 47.3 Å². The second kappa shape index (κ2) is 4.55. The van der Waals surface area contributed by atoms with Crippen LogP contribution in [0.5, 0.6) is 0 Å². The number of rotatable bonds is 2. The van der Waals surface area contributed by atoms with E-state index in [4.69, 9.17) is 11.6 Å². The molecule has 4 nitrogen and oxygen atoms in total. The van der Waals surface area contributed by atoms with Gasteiger partial charge < -0.3 is 10.2 Å². The Morgan fingerprint density at radius 1 is 1.40 bits per heavy atom. The summed E-state index contributed by atoms with van der Waals surface area (Å²) in [5, 5.41) is 4.48. The first kappa shape index (κ1) is 12.8. The molecule has 1 N–H and O–H groups in total. The van der Waals surface area contributed by atoms with Gasteiger partial charge in [0, 0.05) is 25.2 Å².